The first-order chi connectivity index (χ1) is 8.28. The molecule has 0 aliphatic carbocycles. The van der Waals surface area contributed by atoms with Crippen molar-refractivity contribution in [3.63, 3.8) is 0 Å². The van der Waals surface area contributed by atoms with Gasteiger partial charge in [0.15, 0.2) is 0 Å². The summed E-state index contributed by atoms with van der Waals surface area (Å²) in [6, 6.07) is 7.98. The zero-order valence-electron chi connectivity index (χ0n) is 9.66. The Morgan fingerprint density at radius 3 is 2.71 bits per heavy atom. The van der Waals surface area contributed by atoms with Crippen LogP contribution in [0.2, 0.25) is 0 Å². The largest absolute Gasteiger partial charge is 0.478 e. The highest BCUT2D eigenvalue weighted by Crippen LogP contribution is 2.22. The fourth-order valence-electron chi connectivity index (χ4n) is 1.85. The van der Waals surface area contributed by atoms with Crippen molar-refractivity contribution in [2.45, 2.75) is 0 Å². The molecule has 0 atom stereocenters. The molecule has 0 bridgehead atoms. The Hall–Kier alpha value is -2.30. The molecule has 1 aromatic carbocycles. The van der Waals surface area contributed by atoms with E-state index < -0.39 is 0 Å². The second-order valence-corrected chi connectivity index (χ2v) is 3.83. The van der Waals surface area contributed by atoms with Gasteiger partial charge >= 0.3 is 0 Å². The third kappa shape index (κ3) is 1.56. The van der Waals surface area contributed by atoms with Crippen LogP contribution in [0.3, 0.4) is 0 Å². The third-order valence-electron chi connectivity index (χ3n) is 2.63. The van der Waals surface area contributed by atoms with Gasteiger partial charge in [0, 0.05) is 18.6 Å². The smallest absolute Gasteiger partial charge is 0.258 e. The molecule has 0 saturated heterocycles. The van der Waals surface area contributed by atoms with E-state index in [0.717, 1.165) is 16.6 Å². The minimum atomic E-state index is 0.570. The molecule has 0 saturated carbocycles. The Bertz CT molecular complexity index is 635. The van der Waals surface area contributed by atoms with Gasteiger partial charge in [0.1, 0.15) is 5.69 Å². The Labute approximate surface area is 98.2 Å². The van der Waals surface area contributed by atoms with Gasteiger partial charge in [0.2, 0.25) is 0 Å². The van der Waals surface area contributed by atoms with E-state index in [1.54, 1.807) is 16.5 Å². The van der Waals surface area contributed by atoms with Crippen LogP contribution in [0.4, 0.5) is 0 Å². The van der Waals surface area contributed by atoms with E-state index in [-0.39, 0.29) is 0 Å². The first kappa shape index (κ1) is 9.89. The molecule has 3 rings (SSSR count). The summed E-state index contributed by atoms with van der Waals surface area (Å²) >= 11 is 0. The predicted octanol–water partition coefficient (Wildman–Crippen LogP) is 1.77. The number of benzene rings is 1. The molecule has 0 aliphatic heterocycles. The summed E-state index contributed by atoms with van der Waals surface area (Å²) in [5.74, 6) is 0.570. The van der Waals surface area contributed by atoms with Crippen LogP contribution in [0.15, 0.2) is 36.7 Å². The van der Waals surface area contributed by atoms with E-state index in [9.17, 15) is 0 Å². The van der Waals surface area contributed by atoms with Gasteiger partial charge in [-0.25, -0.2) is 4.68 Å². The number of rotatable bonds is 2. The van der Waals surface area contributed by atoms with Crippen molar-refractivity contribution >= 4 is 10.9 Å². The quantitative estimate of drug-likeness (QED) is 0.671. The molecule has 5 nitrogen and oxygen atoms in total. The molecule has 2 heterocycles. The summed E-state index contributed by atoms with van der Waals surface area (Å²) in [7, 11) is 3.46. The summed E-state index contributed by atoms with van der Waals surface area (Å²) in [6.45, 7) is 0. The number of methoxy groups -OCH3 is 1. The first-order valence-corrected chi connectivity index (χ1v) is 5.30. The fourth-order valence-corrected chi connectivity index (χ4v) is 1.85. The van der Waals surface area contributed by atoms with Crippen molar-refractivity contribution in [2.75, 3.05) is 7.11 Å². The monoisotopic (exact) mass is 228 g/mol. The van der Waals surface area contributed by atoms with Gasteiger partial charge < -0.3 is 4.74 Å². The molecule has 0 N–H and O–H groups in total. The van der Waals surface area contributed by atoms with Crippen LogP contribution < -0.4 is 4.74 Å². The number of hydrogen-bond acceptors (Lipinski definition) is 3. The molecule has 0 aliphatic rings. The maximum atomic E-state index is 5.22. The Morgan fingerprint density at radius 2 is 1.94 bits per heavy atom. The molecule has 0 fully saturated rings. The lowest BCUT2D eigenvalue weighted by Crippen LogP contribution is -1.95. The van der Waals surface area contributed by atoms with Crippen molar-refractivity contribution in [3.8, 4) is 11.6 Å². The second kappa shape index (κ2) is 3.62. The Morgan fingerprint density at radius 1 is 1.12 bits per heavy atom. The highest BCUT2D eigenvalue weighted by atomic mass is 16.5. The van der Waals surface area contributed by atoms with Gasteiger partial charge in [0.25, 0.3) is 5.88 Å². The van der Waals surface area contributed by atoms with E-state index >= 15 is 0 Å². The van der Waals surface area contributed by atoms with Crippen molar-refractivity contribution in [3.05, 3.63) is 36.7 Å². The van der Waals surface area contributed by atoms with Crippen LogP contribution in [0.1, 0.15) is 0 Å². The SMILES string of the molecule is COc1nn(C)cc1-n1cc2ccccc2n1. The van der Waals surface area contributed by atoms with Crippen molar-refractivity contribution in [2.24, 2.45) is 7.05 Å². The number of hydrogen-bond donors (Lipinski definition) is 0. The third-order valence-corrected chi connectivity index (χ3v) is 2.63. The second-order valence-electron chi connectivity index (χ2n) is 3.83. The molecule has 5 heteroatoms. The molecule has 0 amide bonds. The zero-order chi connectivity index (χ0) is 11.8. The summed E-state index contributed by atoms with van der Waals surface area (Å²) in [5, 5.41) is 9.79. The van der Waals surface area contributed by atoms with Crippen LogP contribution in [-0.4, -0.2) is 26.7 Å². The van der Waals surface area contributed by atoms with Crippen molar-refractivity contribution in [1.29, 1.82) is 0 Å². The molecular weight excluding hydrogens is 216 g/mol. The normalized spacial score (nSPS) is 10.9. The van der Waals surface area contributed by atoms with Gasteiger partial charge in [-0.1, -0.05) is 18.2 Å². The Balaban J connectivity index is 2.19. The van der Waals surface area contributed by atoms with E-state index in [0.29, 0.717) is 5.88 Å². The van der Waals surface area contributed by atoms with Crippen LogP contribution in [0, 0.1) is 0 Å². The molecule has 0 radical (unpaired) electrons. The highest BCUT2D eigenvalue weighted by Gasteiger charge is 2.11. The molecule has 0 spiro atoms. The zero-order valence-corrected chi connectivity index (χ0v) is 9.66. The molecule has 17 heavy (non-hydrogen) atoms. The summed E-state index contributed by atoms with van der Waals surface area (Å²) in [5.41, 5.74) is 1.80. The summed E-state index contributed by atoms with van der Waals surface area (Å²) in [4.78, 5) is 0. The summed E-state index contributed by atoms with van der Waals surface area (Å²) < 4.78 is 8.72. The van der Waals surface area contributed by atoms with Crippen molar-refractivity contribution < 1.29 is 4.74 Å². The predicted molar refractivity (Wildman–Crippen MR) is 64.4 cm³/mol. The number of aryl methyl sites for hydroxylation is 1. The average Bonchev–Trinajstić information content (AvgIpc) is 2.91. The van der Waals surface area contributed by atoms with Gasteiger partial charge in [-0.05, 0) is 6.07 Å². The molecule has 86 valence electrons. The van der Waals surface area contributed by atoms with Gasteiger partial charge in [-0.15, -0.1) is 5.10 Å². The topological polar surface area (TPSA) is 44.9 Å². The standard InChI is InChI=1S/C12H12N4O/c1-15-8-11(12(14-15)17-2)16-7-9-5-3-4-6-10(9)13-16/h3-8H,1-2H3. The van der Waals surface area contributed by atoms with Gasteiger partial charge in [-0.2, -0.15) is 5.10 Å². The van der Waals surface area contributed by atoms with Gasteiger partial charge in [0.05, 0.1) is 18.8 Å². The minimum absolute atomic E-state index is 0.570. The van der Waals surface area contributed by atoms with Crippen LogP contribution in [0.25, 0.3) is 16.6 Å². The van der Waals surface area contributed by atoms with Crippen molar-refractivity contribution in [1.82, 2.24) is 19.6 Å². The van der Waals surface area contributed by atoms with Crippen LogP contribution in [-0.2, 0) is 7.05 Å². The highest BCUT2D eigenvalue weighted by molar-refractivity contribution is 5.78. The first-order valence-electron chi connectivity index (χ1n) is 5.30. The van der Waals surface area contributed by atoms with Gasteiger partial charge in [-0.3, -0.25) is 4.68 Å². The minimum Gasteiger partial charge on any atom is -0.478 e. The fraction of sp³-hybridized carbons (Fsp3) is 0.167. The molecule has 2 aromatic heterocycles. The molecular formula is C12H12N4O. The van der Waals surface area contributed by atoms with Crippen LogP contribution >= 0.6 is 0 Å². The Kier molecular flexibility index (Phi) is 2.11. The van der Waals surface area contributed by atoms with Crippen LogP contribution in [0.5, 0.6) is 5.88 Å². The van der Waals surface area contributed by atoms with E-state index in [1.165, 1.54) is 0 Å². The number of ether oxygens (including phenoxy) is 1. The maximum Gasteiger partial charge on any atom is 0.258 e. The lowest BCUT2D eigenvalue weighted by molar-refractivity contribution is 0.389. The number of fused-ring (bicyclic) bond motifs is 1. The number of aromatic nitrogens is 4. The maximum absolute atomic E-state index is 5.22. The lowest BCUT2D eigenvalue weighted by Gasteiger charge is -1.98. The van der Waals surface area contributed by atoms with E-state index in [4.69, 9.17) is 4.74 Å². The molecule has 3 aromatic rings. The summed E-state index contributed by atoms with van der Waals surface area (Å²) in [6.07, 6.45) is 3.85. The van der Waals surface area contributed by atoms with E-state index in [1.807, 2.05) is 43.7 Å². The molecule has 0 unspecified atom stereocenters. The lowest BCUT2D eigenvalue weighted by atomic mass is 10.3. The number of nitrogens with zero attached hydrogens (tertiary/aromatic N) is 4. The van der Waals surface area contributed by atoms with E-state index in [2.05, 4.69) is 10.2 Å². The average molecular weight is 228 g/mol.